The van der Waals surface area contributed by atoms with E-state index in [0.717, 1.165) is 25.0 Å². The van der Waals surface area contributed by atoms with Gasteiger partial charge in [-0.05, 0) is 13.8 Å². The van der Waals surface area contributed by atoms with E-state index in [1.807, 2.05) is 36.4 Å². The second-order valence-electron chi connectivity index (χ2n) is 7.45. The van der Waals surface area contributed by atoms with Gasteiger partial charge in [-0.1, -0.05) is 0 Å². The van der Waals surface area contributed by atoms with Gasteiger partial charge in [-0.15, -0.1) is 48.2 Å². The van der Waals surface area contributed by atoms with Crippen LogP contribution in [0.4, 0.5) is 27.2 Å². The first-order chi connectivity index (χ1) is 19.3. The van der Waals surface area contributed by atoms with Gasteiger partial charge in [-0.25, -0.2) is 51.5 Å². The second-order valence-corrected chi connectivity index (χ2v) is 7.45. The molecule has 0 atom stereocenters. The molecular weight excluding hydrogens is 576 g/mol. The third-order valence-electron chi connectivity index (χ3n) is 4.45. The Morgan fingerprint density at radius 3 is 1.37 bits per heavy atom. The normalized spacial score (nSPS) is 11.5. The predicted molar refractivity (Wildman–Crippen MR) is 141 cm³/mol. The van der Waals surface area contributed by atoms with E-state index in [1.54, 1.807) is 13.8 Å². The number of hydrogen-bond acceptors (Lipinski definition) is 4. The van der Waals surface area contributed by atoms with E-state index in [0.29, 0.717) is 0 Å². The fraction of sp³-hybridized carbons (Fsp3) is 0.267. The summed E-state index contributed by atoms with van der Waals surface area (Å²) >= 11 is 0. The van der Waals surface area contributed by atoms with Crippen LogP contribution in [0.3, 0.4) is 0 Å². The first-order valence-corrected chi connectivity index (χ1v) is 12.2. The maximum absolute atomic E-state index is 13.0. The summed E-state index contributed by atoms with van der Waals surface area (Å²) in [5, 5.41) is 4.63. The molecule has 0 saturated carbocycles. The summed E-state index contributed by atoms with van der Waals surface area (Å²) in [6.07, 6.45) is 18.7. The molecule has 0 unspecified atom stereocenters. The molecule has 0 fully saturated rings. The molecule has 2 aromatic carbocycles. The van der Waals surface area contributed by atoms with Gasteiger partial charge in [0.25, 0.3) is 0 Å². The monoisotopic (exact) mass is 606 g/mol. The van der Waals surface area contributed by atoms with Gasteiger partial charge in [-0.2, -0.15) is 24.3 Å². The van der Waals surface area contributed by atoms with Crippen LogP contribution in [-0.2, 0) is 44.3 Å². The van der Waals surface area contributed by atoms with Crippen molar-refractivity contribution in [3.63, 3.8) is 0 Å². The van der Waals surface area contributed by atoms with Crippen molar-refractivity contribution >= 4 is 12.2 Å². The zero-order chi connectivity index (χ0) is 29.6. The third-order valence-corrected chi connectivity index (χ3v) is 4.45. The molecule has 2 N–H and O–H groups in total. The van der Waals surface area contributed by atoms with Gasteiger partial charge in [0.2, 0.25) is 0 Å². The molecule has 4 rings (SSSR count). The smallest absolute Gasteiger partial charge is 0.450 e. The molecular formula is C30H30F4N2O4Ti. The molecule has 0 bridgehead atoms. The molecule has 2 aliphatic carbocycles. The fourth-order valence-electron chi connectivity index (χ4n) is 2.60. The maximum atomic E-state index is 13.0. The average molecular weight is 606 g/mol. The van der Waals surface area contributed by atoms with Crippen LogP contribution >= 0.6 is 0 Å². The second kappa shape index (κ2) is 23.1. The van der Waals surface area contributed by atoms with Crippen LogP contribution < -0.4 is 10.6 Å². The standard InChI is InChI=1S/2C10H10F2NO2.2C5H5.Ti/c2*1-2-15-10(14)13-6-7-3-4-8(11)5-9(7)12;2*1-2-4-5-3-1;/h2*3-4H,2,6H2,1H3,(H,13,14);2*1-3H,4H2;/q4*-1;+4. The van der Waals surface area contributed by atoms with Gasteiger partial charge in [0.15, 0.2) is 0 Å². The Morgan fingerprint density at radius 2 is 1.12 bits per heavy atom. The van der Waals surface area contributed by atoms with Crippen LogP contribution in [-0.4, -0.2) is 25.4 Å². The summed E-state index contributed by atoms with van der Waals surface area (Å²) in [4.78, 5) is 21.7. The Kier molecular flexibility index (Phi) is 21.1. The number of amides is 2. The number of nitrogens with one attached hydrogen (secondary N) is 2. The van der Waals surface area contributed by atoms with E-state index in [1.165, 1.54) is 12.1 Å². The van der Waals surface area contributed by atoms with Crippen molar-refractivity contribution < 1.29 is 58.3 Å². The zero-order valence-electron chi connectivity index (χ0n) is 22.7. The predicted octanol–water partition coefficient (Wildman–Crippen LogP) is 6.63. The average Bonchev–Trinajstić information content (AvgIpc) is 3.68. The molecule has 2 aromatic rings. The van der Waals surface area contributed by atoms with E-state index in [4.69, 9.17) is 0 Å². The van der Waals surface area contributed by atoms with Crippen molar-refractivity contribution in [2.24, 2.45) is 0 Å². The van der Waals surface area contributed by atoms with Gasteiger partial charge < -0.3 is 20.1 Å². The van der Waals surface area contributed by atoms with Gasteiger partial charge in [0, 0.05) is 36.4 Å². The van der Waals surface area contributed by atoms with Crippen LogP contribution in [0.1, 0.15) is 37.8 Å². The molecule has 216 valence electrons. The summed E-state index contributed by atoms with van der Waals surface area (Å²) in [5.41, 5.74) is 0.314. The molecule has 0 aromatic heterocycles. The van der Waals surface area contributed by atoms with E-state index in [9.17, 15) is 27.2 Å². The number of carbonyl (C=O) groups is 2. The SMILES string of the molecule is CCOC(=O)NCc1ccc(F)[c-]c1F.CCOC(=O)NCc1ccc(F)[c-]c1F.[C-]1=CC=CC1.[C-]1=CC=CC1.[Ti+4]. The van der Waals surface area contributed by atoms with Crippen molar-refractivity contribution in [3.05, 3.63) is 119 Å². The van der Waals surface area contributed by atoms with Crippen LogP contribution in [0.15, 0.2) is 60.7 Å². The molecule has 0 spiro atoms. The minimum Gasteiger partial charge on any atom is -0.450 e. The zero-order valence-corrected chi connectivity index (χ0v) is 24.2. The number of halogens is 4. The number of rotatable bonds is 6. The van der Waals surface area contributed by atoms with E-state index >= 15 is 0 Å². The van der Waals surface area contributed by atoms with E-state index < -0.39 is 35.5 Å². The maximum Gasteiger partial charge on any atom is 4.00 e. The summed E-state index contributed by atoms with van der Waals surface area (Å²) < 4.78 is 60.1. The van der Waals surface area contributed by atoms with Gasteiger partial charge in [0.1, 0.15) is 0 Å². The number of benzene rings is 2. The number of carbonyl (C=O) groups excluding carboxylic acids is 2. The summed E-state index contributed by atoms with van der Waals surface area (Å²) in [6.45, 7) is 3.69. The molecule has 2 amide bonds. The van der Waals surface area contributed by atoms with Crippen molar-refractivity contribution in [2.45, 2.75) is 39.8 Å². The Bertz CT molecular complexity index is 1080. The van der Waals surface area contributed by atoms with Crippen molar-refractivity contribution in [2.75, 3.05) is 13.2 Å². The van der Waals surface area contributed by atoms with Crippen LogP contribution in [0.2, 0.25) is 0 Å². The summed E-state index contributed by atoms with van der Waals surface area (Å²) in [7, 11) is 0. The fourth-order valence-corrected chi connectivity index (χ4v) is 2.60. The third kappa shape index (κ3) is 18.4. The molecule has 0 saturated heterocycles. The first kappa shape index (κ1) is 37.4. The summed E-state index contributed by atoms with van der Waals surface area (Å²) in [6, 6.07) is 8.37. The Balaban J connectivity index is 0.000000573. The first-order valence-electron chi connectivity index (χ1n) is 12.2. The number of hydrogen-bond donors (Lipinski definition) is 2. The topological polar surface area (TPSA) is 76.7 Å². The molecule has 0 aliphatic heterocycles. The molecule has 0 heterocycles. The molecule has 11 heteroatoms. The minimum absolute atomic E-state index is 0. The Labute approximate surface area is 253 Å². The van der Waals surface area contributed by atoms with Crippen LogP contribution in [0.25, 0.3) is 0 Å². The molecule has 0 radical (unpaired) electrons. The Morgan fingerprint density at radius 1 is 0.732 bits per heavy atom. The van der Waals surface area contributed by atoms with Gasteiger partial charge in [-0.3, -0.25) is 12.2 Å². The van der Waals surface area contributed by atoms with Gasteiger partial charge >= 0.3 is 33.9 Å². The summed E-state index contributed by atoms with van der Waals surface area (Å²) in [5.74, 6) is -3.17. The molecule has 2 aliphatic rings. The van der Waals surface area contributed by atoms with E-state index in [2.05, 4.69) is 44.4 Å². The van der Waals surface area contributed by atoms with Gasteiger partial charge in [0.05, 0.1) is 13.2 Å². The van der Waals surface area contributed by atoms with Crippen molar-refractivity contribution in [3.8, 4) is 0 Å². The molecule has 41 heavy (non-hydrogen) atoms. The largest absolute Gasteiger partial charge is 4.00 e. The molecule has 6 nitrogen and oxygen atoms in total. The van der Waals surface area contributed by atoms with Crippen molar-refractivity contribution in [1.29, 1.82) is 0 Å². The minimum atomic E-state index is -0.813. The number of ether oxygens (including phenoxy) is 2. The quantitative estimate of drug-likeness (QED) is 0.220. The Hall–Kier alpha value is -3.63. The van der Waals surface area contributed by atoms with E-state index in [-0.39, 0.29) is 59.1 Å². The number of allylic oxidation sites excluding steroid dienone is 8. The van der Waals surface area contributed by atoms with Crippen LogP contribution in [0.5, 0.6) is 0 Å². The van der Waals surface area contributed by atoms with Crippen molar-refractivity contribution in [1.82, 2.24) is 10.6 Å². The van der Waals surface area contributed by atoms with Crippen LogP contribution in [0, 0.1) is 47.6 Å². The number of alkyl carbamates (subject to hydrolysis) is 2.